The Morgan fingerprint density at radius 1 is 1.40 bits per heavy atom. The van der Waals surface area contributed by atoms with E-state index >= 15 is 0 Å². The first-order valence-electron chi connectivity index (χ1n) is 7.16. The summed E-state index contributed by atoms with van der Waals surface area (Å²) >= 11 is 0. The summed E-state index contributed by atoms with van der Waals surface area (Å²) in [5.41, 5.74) is -1.09. The van der Waals surface area contributed by atoms with E-state index in [1.165, 1.54) is 9.80 Å². The van der Waals surface area contributed by atoms with Gasteiger partial charge in [-0.25, -0.2) is 9.59 Å². The van der Waals surface area contributed by atoms with Gasteiger partial charge in [-0.05, 0) is 40.0 Å². The highest BCUT2D eigenvalue weighted by molar-refractivity contribution is 5.86. The van der Waals surface area contributed by atoms with E-state index in [4.69, 9.17) is 4.74 Å². The van der Waals surface area contributed by atoms with E-state index in [9.17, 15) is 14.7 Å². The number of carbonyl (C=O) groups is 2. The van der Waals surface area contributed by atoms with Crippen molar-refractivity contribution in [2.24, 2.45) is 0 Å². The average molecular weight is 286 g/mol. The molecule has 1 rings (SSSR count). The van der Waals surface area contributed by atoms with Crippen LogP contribution in [0.25, 0.3) is 0 Å². The average Bonchev–Trinajstić information content (AvgIpc) is 2.37. The summed E-state index contributed by atoms with van der Waals surface area (Å²) in [6.07, 6.45) is 2.32. The molecular weight excluding hydrogens is 260 g/mol. The van der Waals surface area contributed by atoms with E-state index in [-0.39, 0.29) is 12.1 Å². The third kappa shape index (κ3) is 3.85. The van der Waals surface area contributed by atoms with Crippen molar-refractivity contribution in [2.45, 2.75) is 51.7 Å². The molecule has 1 aliphatic heterocycles. The van der Waals surface area contributed by atoms with E-state index in [0.29, 0.717) is 26.1 Å². The number of carboxylic acid groups (broad SMARTS) is 1. The minimum atomic E-state index is -1.09. The van der Waals surface area contributed by atoms with Gasteiger partial charge in [-0.2, -0.15) is 0 Å². The number of amides is 2. The van der Waals surface area contributed by atoms with Crippen LogP contribution in [0.2, 0.25) is 0 Å². The predicted molar refractivity (Wildman–Crippen MR) is 75.7 cm³/mol. The zero-order valence-corrected chi connectivity index (χ0v) is 12.9. The van der Waals surface area contributed by atoms with E-state index in [1.54, 1.807) is 14.0 Å². The Labute approximate surface area is 120 Å². The van der Waals surface area contributed by atoms with E-state index < -0.39 is 11.5 Å². The van der Waals surface area contributed by atoms with Crippen LogP contribution >= 0.6 is 0 Å². The second-order valence-corrected chi connectivity index (χ2v) is 5.81. The molecule has 1 saturated heterocycles. The summed E-state index contributed by atoms with van der Waals surface area (Å²) in [6, 6.07) is -0.234. The fourth-order valence-corrected chi connectivity index (χ4v) is 2.38. The molecule has 2 amide bonds. The molecule has 0 aliphatic carbocycles. The van der Waals surface area contributed by atoms with Crippen LogP contribution in [-0.4, -0.2) is 65.3 Å². The Morgan fingerprint density at radius 3 is 2.60 bits per heavy atom. The molecule has 6 nitrogen and oxygen atoms in total. The lowest BCUT2D eigenvalue weighted by Gasteiger charge is -2.43. The number of nitrogens with zero attached hydrogens (tertiary/aromatic N) is 2. The summed E-state index contributed by atoms with van der Waals surface area (Å²) in [6.45, 7) is 6.92. The van der Waals surface area contributed by atoms with Crippen molar-refractivity contribution in [3.63, 3.8) is 0 Å². The first-order chi connectivity index (χ1) is 9.29. The van der Waals surface area contributed by atoms with Crippen LogP contribution < -0.4 is 0 Å². The van der Waals surface area contributed by atoms with Gasteiger partial charge in [-0.3, -0.25) is 0 Å². The smallest absolute Gasteiger partial charge is 0.329 e. The maximum absolute atomic E-state index is 12.4. The molecule has 1 N–H and O–H groups in total. The molecule has 1 fully saturated rings. The van der Waals surface area contributed by atoms with E-state index in [0.717, 1.165) is 12.8 Å². The van der Waals surface area contributed by atoms with Gasteiger partial charge in [0.15, 0.2) is 0 Å². The standard InChI is InChI=1S/C14H26N2O4/c1-11(2)20-10-9-15(4)13(19)16-8-6-5-7-14(16,3)12(17)18/h11H,5-10H2,1-4H3,(H,17,18). The normalized spacial score (nSPS) is 22.9. The van der Waals surface area contributed by atoms with E-state index in [1.807, 2.05) is 13.8 Å². The monoisotopic (exact) mass is 286 g/mol. The summed E-state index contributed by atoms with van der Waals surface area (Å²) in [5, 5.41) is 9.41. The van der Waals surface area contributed by atoms with Crippen LogP contribution in [0.3, 0.4) is 0 Å². The molecule has 0 aromatic rings. The highest BCUT2D eigenvalue weighted by atomic mass is 16.5. The lowest BCUT2D eigenvalue weighted by molar-refractivity contribution is -0.150. The highest BCUT2D eigenvalue weighted by Gasteiger charge is 2.44. The molecule has 0 aromatic carbocycles. The Morgan fingerprint density at radius 2 is 2.05 bits per heavy atom. The molecule has 1 unspecified atom stereocenters. The molecule has 1 heterocycles. The molecular formula is C14H26N2O4. The second kappa shape index (κ2) is 6.92. The van der Waals surface area contributed by atoms with Gasteiger partial charge < -0.3 is 19.6 Å². The van der Waals surface area contributed by atoms with Gasteiger partial charge in [0.1, 0.15) is 5.54 Å². The summed E-state index contributed by atoms with van der Waals surface area (Å²) in [5.74, 6) is -0.933. The Kier molecular flexibility index (Phi) is 5.80. The van der Waals surface area contributed by atoms with E-state index in [2.05, 4.69) is 0 Å². The number of likely N-dealkylation sites (N-methyl/N-ethyl adjacent to an activating group) is 1. The Hall–Kier alpha value is -1.30. The van der Waals surface area contributed by atoms with Crippen LogP contribution in [0.4, 0.5) is 4.79 Å². The number of carboxylic acids is 1. The summed E-state index contributed by atoms with van der Waals surface area (Å²) in [4.78, 5) is 26.9. The minimum absolute atomic E-state index is 0.123. The van der Waals surface area contributed by atoms with Gasteiger partial charge in [0.05, 0.1) is 12.7 Å². The molecule has 0 bridgehead atoms. The molecule has 0 spiro atoms. The number of hydrogen-bond acceptors (Lipinski definition) is 3. The number of urea groups is 1. The molecule has 0 saturated carbocycles. The van der Waals surface area contributed by atoms with Gasteiger partial charge in [-0.1, -0.05) is 0 Å². The van der Waals surface area contributed by atoms with Crippen LogP contribution in [0.15, 0.2) is 0 Å². The third-order valence-electron chi connectivity index (χ3n) is 3.79. The fraction of sp³-hybridized carbons (Fsp3) is 0.857. The van der Waals surface area contributed by atoms with Crippen molar-refractivity contribution in [3.05, 3.63) is 0 Å². The first kappa shape index (κ1) is 16.8. The van der Waals surface area contributed by atoms with Crippen LogP contribution in [0.5, 0.6) is 0 Å². The lowest BCUT2D eigenvalue weighted by Crippen LogP contribution is -2.60. The Bertz CT molecular complexity index is 359. The fourth-order valence-electron chi connectivity index (χ4n) is 2.38. The number of hydrogen-bond donors (Lipinski definition) is 1. The number of carbonyl (C=O) groups excluding carboxylic acids is 1. The predicted octanol–water partition coefficient (Wildman–Crippen LogP) is 1.79. The number of likely N-dealkylation sites (tertiary alicyclic amines) is 1. The molecule has 0 radical (unpaired) electrons. The van der Waals surface area contributed by atoms with Crippen molar-refractivity contribution in [2.75, 3.05) is 26.7 Å². The zero-order chi connectivity index (χ0) is 15.3. The van der Waals surface area contributed by atoms with Crippen molar-refractivity contribution >= 4 is 12.0 Å². The van der Waals surface area contributed by atoms with Crippen LogP contribution in [0.1, 0.15) is 40.0 Å². The summed E-state index contributed by atoms with van der Waals surface area (Å²) < 4.78 is 5.42. The van der Waals surface area contributed by atoms with Gasteiger partial charge in [-0.15, -0.1) is 0 Å². The van der Waals surface area contributed by atoms with Crippen LogP contribution in [0, 0.1) is 0 Å². The van der Waals surface area contributed by atoms with Gasteiger partial charge >= 0.3 is 12.0 Å². The number of aliphatic carboxylic acids is 1. The zero-order valence-electron chi connectivity index (χ0n) is 12.9. The van der Waals surface area contributed by atoms with Crippen molar-refractivity contribution in [1.82, 2.24) is 9.80 Å². The van der Waals surface area contributed by atoms with Gasteiger partial charge in [0.25, 0.3) is 0 Å². The first-order valence-corrected chi connectivity index (χ1v) is 7.16. The quantitative estimate of drug-likeness (QED) is 0.836. The number of ether oxygens (including phenoxy) is 1. The SMILES string of the molecule is CC(C)OCCN(C)C(=O)N1CCCCC1(C)C(=O)O. The maximum Gasteiger partial charge on any atom is 0.329 e. The number of rotatable bonds is 5. The van der Waals surface area contributed by atoms with Crippen LogP contribution in [-0.2, 0) is 9.53 Å². The largest absolute Gasteiger partial charge is 0.480 e. The lowest BCUT2D eigenvalue weighted by atomic mass is 9.89. The Balaban J connectivity index is 2.65. The topological polar surface area (TPSA) is 70.1 Å². The minimum Gasteiger partial charge on any atom is -0.480 e. The van der Waals surface area contributed by atoms with Crippen molar-refractivity contribution < 1.29 is 19.4 Å². The maximum atomic E-state index is 12.4. The molecule has 1 aliphatic rings. The number of piperidine rings is 1. The van der Waals surface area contributed by atoms with Gasteiger partial charge in [0, 0.05) is 20.1 Å². The molecule has 20 heavy (non-hydrogen) atoms. The second-order valence-electron chi connectivity index (χ2n) is 5.81. The molecule has 6 heteroatoms. The molecule has 1 atom stereocenters. The third-order valence-corrected chi connectivity index (χ3v) is 3.79. The molecule has 116 valence electrons. The van der Waals surface area contributed by atoms with Crippen molar-refractivity contribution in [3.8, 4) is 0 Å². The summed E-state index contributed by atoms with van der Waals surface area (Å²) in [7, 11) is 1.68. The highest BCUT2D eigenvalue weighted by Crippen LogP contribution is 2.29. The van der Waals surface area contributed by atoms with Gasteiger partial charge in [0.2, 0.25) is 0 Å². The van der Waals surface area contributed by atoms with Crippen molar-refractivity contribution in [1.29, 1.82) is 0 Å². The molecule has 0 aromatic heterocycles.